The fraction of sp³-hybridized carbons (Fsp3) is 0.333. The molecule has 210 valence electrons. The van der Waals surface area contributed by atoms with E-state index >= 15 is 0 Å². The molecule has 0 amide bonds. The van der Waals surface area contributed by atoms with Gasteiger partial charge in [0.05, 0.1) is 11.1 Å². The first-order valence-corrected chi connectivity index (χ1v) is 11.6. The maximum absolute atomic E-state index is 11.9. The molecule has 0 radical (unpaired) electrons. The van der Waals surface area contributed by atoms with Gasteiger partial charge in [-0.1, -0.05) is 52.7 Å². The van der Waals surface area contributed by atoms with Crippen LogP contribution < -0.4 is 0 Å². The van der Waals surface area contributed by atoms with Crippen LogP contribution in [0.4, 0.5) is 26.3 Å². The van der Waals surface area contributed by atoms with Crippen LogP contribution in [0.25, 0.3) is 0 Å². The largest absolute Gasteiger partial charge is 2.00 e. The predicted molar refractivity (Wildman–Crippen MR) is 137 cm³/mol. The molecule has 39 heavy (non-hydrogen) atoms. The molecule has 0 saturated heterocycles. The molecule has 0 saturated carbocycles. The van der Waals surface area contributed by atoms with Crippen molar-refractivity contribution in [1.29, 1.82) is 0 Å². The summed E-state index contributed by atoms with van der Waals surface area (Å²) < 4.78 is 71.1. The summed E-state index contributed by atoms with van der Waals surface area (Å²) in [4.78, 5) is 0. The third kappa shape index (κ3) is 13.9. The number of rotatable bonds is 0. The number of allylic oxidation sites excluding steroid dienone is 8. The fourth-order valence-corrected chi connectivity index (χ4v) is 3.37. The van der Waals surface area contributed by atoms with Crippen LogP contribution in [0.5, 0.6) is 11.5 Å². The Kier molecular flexibility index (Phi) is 14.9. The fourth-order valence-electron chi connectivity index (χ4n) is 3.37. The molecule has 9 heteroatoms. The molecule has 0 aromatic heterocycles. The predicted octanol–water partition coefficient (Wildman–Crippen LogP) is 9.77. The van der Waals surface area contributed by atoms with Crippen LogP contribution in [0, 0.1) is 12.2 Å². The zero-order valence-corrected chi connectivity index (χ0v) is 25.2. The number of benzene rings is 2. The van der Waals surface area contributed by atoms with Crippen LogP contribution in [0.1, 0.15) is 65.5 Å². The van der Waals surface area contributed by atoms with E-state index in [4.69, 9.17) is 10.2 Å². The third-order valence-electron chi connectivity index (χ3n) is 5.49. The SMILES string of the molecule is CC1=[C-]C(C)=C(C)C1.CC1=[C-]C(C)=C(C)C1.Oc1cccc(C(F)(F)F)c1.Oc1cccc(C(F)(F)F)c1.[Zr+2]. The summed E-state index contributed by atoms with van der Waals surface area (Å²) >= 11 is 0. The molecular formula is C30H32F6O2Zr. The molecule has 0 atom stereocenters. The van der Waals surface area contributed by atoms with Gasteiger partial charge in [0.2, 0.25) is 0 Å². The van der Waals surface area contributed by atoms with Gasteiger partial charge in [-0.15, -0.1) is 13.8 Å². The third-order valence-corrected chi connectivity index (χ3v) is 5.49. The summed E-state index contributed by atoms with van der Waals surface area (Å²) in [5.41, 5.74) is 6.70. The minimum Gasteiger partial charge on any atom is -0.508 e. The second-order valence-corrected chi connectivity index (χ2v) is 9.07. The Morgan fingerprint density at radius 3 is 1.03 bits per heavy atom. The normalized spacial score (nSPS) is 14.6. The van der Waals surface area contributed by atoms with E-state index in [2.05, 4.69) is 53.7 Å². The first-order chi connectivity index (χ1) is 17.4. The summed E-state index contributed by atoms with van der Waals surface area (Å²) in [7, 11) is 0. The van der Waals surface area contributed by atoms with E-state index < -0.39 is 23.5 Å². The van der Waals surface area contributed by atoms with Crippen molar-refractivity contribution < 1.29 is 62.8 Å². The van der Waals surface area contributed by atoms with E-state index in [0.717, 1.165) is 37.1 Å². The molecule has 2 aromatic rings. The number of hydrogen-bond donors (Lipinski definition) is 2. The molecule has 0 aliphatic heterocycles. The van der Waals surface area contributed by atoms with Gasteiger partial charge in [0.1, 0.15) is 11.5 Å². The smallest absolute Gasteiger partial charge is 0.508 e. The molecule has 0 spiro atoms. The molecule has 0 bridgehead atoms. The van der Waals surface area contributed by atoms with E-state index in [-0.39, 0.29) is 37.7 Å². The molecule has 4 rings (SSSR count). The van der Waals surface area contributed by atoms with Crippen molar-refractivity contribution in [3.05, 3.63) is 105 Å². The van der Waals surface area contributed by atoms with Gasteiger partial charge in [-0.05, 0) is 36.4 Å². The first-order valence-electron chi connectivity index (χ1n) is 11.6. The van der Waals surface area contributed by atoms with E-state index in [1.54, 1.807) is 0 Å². The van der Waals surface area contributed by atoms with Crippen molar-refractivity contribution in [1.82, 2.24) is 0 Å². The molecule has 2 aromatic carbocycles. The van der Waals surface area contributed by atoms with Crippen molar-refractivity contribution in [2.24, 2.45) is 0 Å². The zero-order chi connectivity index (χ0) is 29.3. The average molecular weight is 630 g/mol. The second-order valence-electron chi connectivity index (χ2n) is 9.07. The van der Waals surface area contributed by atoms with E-state index in [1.165, 1.54) is 45.6 Å². The number of hydrogen-bond acceptors (Lipinski definition) is 2. The quantitative estimate of drug-likeness (QED) is 0.225. The first kappa shape index (κ1) is 36.5. The maximum atomic E-state index is 11.9. The van der Waals surface area contributed by atoms with Crippen molar-refractivity contribution in [2.75, 3.05) is 0 Å². The van der Waals surface area contributed by atoms with Crippen LogP contribution in [0.2, 0.25) is 0 Å². The Hall–Kier alpha value is -2.54. The van der Waals surface area contributed by atoms with Gasteiger partial charge in [-0.25, -0.2) is 34.4 Å². The Labute approximate surface area is 245 Å². The number of phenolic OH excluding ortho intramolecular Hbond substituents is 2. The summed E-state index contributed by atoms with van der Waals surface area (Å²) in [6.07, 6.45) is 0.0623. The molecular weight excluding hydrogens is 598 g/mol. The van der Waals surface area contributed by atoms with Crippen LogP contribution in [-0.2, 0) is 38.6 Å². The summed E-state index contributed by atoms with van der Waals surface area (Å²) in [6.45, 7) is 12.8. The van der Waals surface area contributed by atoms with Gasteiger partial charge in [-0.3, -0.25) is 0 Å². The minimum absolute atomic E-state index is 0. The topological polar surface area (TPSA) is 40.5 Å². The number of aromatic hydroxyl groups is 2. The van der Waals surface area contributed by atoms with Gasteiger partial charge in [-0.2, -0.15) is 37.5 Å². The van der Waals surface area contributed by atoms with Gasteiger partial charge in [0.15, 0.2) is 0 Å². The molecule has 2 nitrogen and oxygen atoms in total. The molecule has 0 unspecified atom stereocenters. The summed E-state index contributed by atoms with van der Waals surface area (Å²) in [5.74, 6) is -0.750. The van der Waals surface area contributed by atoms with E-state index in [0.29, 0.717) is 12.1 Å². The molecule has 2 aliphatic carbocycles. The Balaban J connectivity index is 0.000000495. The van der Waals surface area contributed by atoms with Crippen LogP contribution in [0.15, 0.2) is 82.0 Å². The standard InChI is InChI=1S/2C8H11.2C7H5F3O.Zr/c2*1-6-4-7(2)8(3)5-6;2*8-7(9,10)5-2-1-3-6(11)4-5;/h2*4H2,1-3H3;2*1-4,11H;/q2*-1;;;+2. The van der Waals surface area contributed by atoms with Crippen molar-refractivity contribution in [3.63, 3.8) is 0 Å². The Morgan fingerprint density at radius 2 is 0.897 bits per heavy atom. The van der Waals surface area contributed by atoms with Gasteiger partial charge in [0.25, 0.3) is 0 Å². The zero-order valence-electron chi connectivity index (χ0n) is 22.7. The van der Waals surface area contributed by atoms with Crippen LogP contribution >= 0.6 is 0 Å². The maximum Gasteiger partial charge on any atom is 2.00 e. The van der Waals surface area contributed by atoms with Gasteiger partial charge < -0.3 is 10.2 Å². The monoisotopic (exact) mass is 628 g/mol. The number of phenols is 2. The van der Waals surface area contributed by atoms with Gasteiger partial charge >= 0.3 is 38.6 Å². The Bertz CT molecular complexity index is 1120. The van der Waals surface area contributed by atoms with E-state index in [1.807, 2.05) is 0 Å². The van der Waals surface area contributed by atoms with Crippen molar-refractivity contribution in [3.8, 4) is 11.5 Å². The molecule has 2 aliphatic rings. The second kappa shape index (κ2) is 15.9. The van der Waals surface area contributed by atoms with Crippen molar-refractivity contribution >= 4 is 0 Å². The van der Waals surface area contributed by atoms with E-state index in [9.17, 15) is 26.3 Å². The average Bonchev–Trinajstić information content (AvgIpc) is 3.24. The Morgan fingerprint density at radius 1 is 0.590 bits per heavy atom. The molecule has 0 heterocycles. The van der Waals surface area contributed by atoms with Gasteiger partial charge in [0, 0.05) is 0 Å². The van der Waals surface area contributed by atoms with Crippen molar-refractivity contribution in [2.45, 2.75) is 66.7 Å². The minimum atomic E-state index is -4.38. The molecule has 2 N–H and O–H groups in total. The number of halogens is 6. The van der Waals surface area contributed by atoms with Crippen LogP contribution in [0.3, 0.4) is 0 Å². The van der Waals surface area contributed by atoms with Crippen LogP contribution in [-0.4, -0.2) is 10.2 Å². The summed E-state index contributed by atoms with van der Waals surface area (Å²) in [6, 6.07) is 7.85. The molecule has 0 fully saturated rings. The number of alkyl halides is 6. The summed E-state index contributed by atoms with van der Waals surface area (Å²) in [5, 5.41) is 17.4.